The van der Waals surface area contributed by atoms with Crippen molar-refractivity contribution in [3.05, 3.63) is 49.2 Å². The normalized spacial score (nSPS) is 15.7. The summed E-state index contributed by atoms with van der Waals surface area (Å²) in [5, 5.41) is 2.15. The molecule has 0 bridgehead atoms. The van der Waals surface area contributed by atoms with E-state index in [4.69, 9.17) is 10.6 Å². The number of aryl methyl sites for hydroxylation is 1. The van der Waals surface area contributed by atoms with E-state index in [2.05, 4.69) is 57.7 Å². The van der Waals surface area contributed by atoms with Crippen LogP contribution >= 0.6 is 33.9 Å². The second-order valence-electron chi connectivity index (χ2n) is 4.57. The molecule has 0 aliphatic carbocycles. The second kappa shape index (κ2) is 5.78. The van der Waals surface area contributed by atoms with Crippen LogP contribution in [0.25, 0.3) is 0 Å². The first-order chi connectivity index (χ1) is 9.29. The smallest absolute Gasteiger partial charge is 0.127 e. The molecule has 2 aromatic rings. The number of fused-ring (bicyclic) bond motifs is 1. The number of rotatable bonds is 3. The van der Waals surface area contributed by atoms with Crippen molar-refractivity contribution >= 4 is 33.9 Å². The van der Waals surface area contributed by atoms with E-state index in [1.54, 1.807) is 11.3 Å². The number of thiophene rings is 1. The largest absolute Gasteiger partial charge is 0.493 e. The number of ether oxygens (including phenoxy) is 1. The highest BCUT2D eigenvalue weighted by Gasteiger charge is 2.22. The van der Waals surface area contributed by atoms with E-state index >= 15 is 0 Å². The molecular formula is C14H15IN2OS. The number of nitrogens with two attached hydrogens (primary N) is 1. The SMILES string of the molecule is NNC(c1csc(I)c1)c1cccc2c1OCCC2. The molecule has 0 saturated heterocycles. The van der Waals surface area contributed by atoms with Crippen molar-refractivity contribution in [3.8, 4) is 5.75 Å². The second-order valence-corrected chi connectivity index (χ2v) is 7.38. The Morgan fingerprint density at radius 2 is 2.32 bits per heavy atom. The van der Waals surface area contributed by atoms with E-state index in [-0.39, 0.29) is 6.04 Å². The maximum atomic E-state index is 5.87. The van der Waals surface area contributed by atoms with Gasteiger partial charge in [-0.1, -0.05) is 18.2 Å². The highest BCUT2D eigenvalue weighted by atomic mass is 127. The van der Waals surface area contributed by atoms with Gasteiger partial charge in [-0.25, -0.2) is 5.43 Å². The van der Waals surface area contributed by atoms with Crippen LogP contribution in [0.4, 0.5) is 0 Å². The van der Waals surface area contributed by atoms with E-state index < -0.39 is 0 Å². The lowest BCUT2D eigenvalue weighted by Crippen LogP contribution is -2.29. The maximum absolute atomic E-state index is 5.87. The summed E-state index contributed by atoms with van der Waals surface area (Å²) in [5.74, 6) is 6.79. The van der Waals surface area contributed by atoms with Gasteiger partial charge >= 0.3 is 0 Å². The fourth-order valence-corrected chi connectivity index (χ4v) is 3.88. The number of nitrogens with one attached hydrogen (secondary N) is 1. The third-order valence-corrected chi connectivity index (χ3v) is 5.17. The Morgan fingerprint density at radius 3 is 3.05 bits per heavy atom. The zero-order valence-electron chi connectivity index (χ0n) is 10.4. The Labute approximate surface area is 130 Å². The minimum absolute atomic E-state index is 0.00665. The van der Waals surface area contributed by atoms with Crippen LogP contribution in [0.2, 0.25) is 0 Å². The number of benzene rings is 1. The van der Waals surface area contributed by atoms with Gasteiger partial charge in [-0.3, -0.25) is 5.84 Å². The first kappa shape index (κ1) is 13.4. The molecule has 1 aromatic heterocycles. The average Bonchev–Trinajstić information content (AvgIpc) is 2.86. The average molecular weight is 386 g/mol. The van der Waals surface area contributed by atoms with Crippen LogP contribution < -0.4 is 16.0 Å². The third kappa shape index (κ3) is 2.65. The first-order valence-corrected chi connectivity index (χ1v) is 8.20. The Hall–Kier alpha value is -0.630. The summed E-state index contributed by atoms with van der Waals surface area (Å²) >= 11 is 4.06. The molecule has 1 unspecified atom stereocenters. The Balaban J connectivity index is 2.04. The predicted octanol–water partition coefficient (Wildman–Crippen LogP) is 3.23. The van der Waals surface area contributed by atoms with Gasteiger partial charge in [-0.15, -0.1) is 11.3 Å². The maximum Gasteiger partial charge on any atom is 0.127 e. The predicted molar refractivity (Wildman–Crippen MR) is 86.5 cm³/mol. The van der Waals surface area contributed by atoms with Crippen LogP contribution in [0.15, 0.2) is 29.6 Å². The van der Waals surface area contributed by atoms with Crippen molar-refractivity contribution in [3.63, 3.8) is 0 Å². The number of hydrogen-bond acceptors (Lipinski definition) is 4. The van der Waals surface area contributed by atoms with Crippen LogP contribution in [0.3, 0.4) is 0 Å². The molecule has 1 aromatic carbocycles. The molecule has 0 fully saturated rings. The first-order valence-electron chi connectivity index (χ1n) is 6.24. The van der Waals surface area contributed by atoms with Crippen LogP contribution in [-0.2, 0) is 6.42 Å². The standard InChI is InChI=1S/C14H15IN2OS/c15-12-7-10(8-19-12)13(17-16)11-5-1-3-9-4-2-6-18-14(9)11/h1,3,5,7-8,13,17H,2,4,6,16H2. The minimum Gasteiger partial charge on any atom is -0.493 e. The van der Waals surface area contributed by atoms with Crippen molar-refractivity contribution < 1.29 is 4.74 Å². The van der Waals surface area contributed by atoms with E-state index in [0.29, 0.717) is 0 Å². The van der Waals surface area contributed by atoms with Crippen molar-refractivity contribution in [1.29, 1.82) is 0 Å². The Morgan fingerprint density at radius 1 is 1.42 bits per heavy atom. The molecule has 100 valence electrons. The molecular weight excluding hydrogens is 371 g/mol. The number of hydrazine groups is 1. The van der Waals surface area contributed by atoms with E-state index in [9.17, 15) is 0 Å². The van der Waals surface area contributed by atoms with Crippen molar-refractivity contribution in [2.24, 2.45) is 5.84 Å². The molecule has 2 heterocycles. The van der Waals surface area contributed by atoms with E-state index in [1.807, 2.05) is 0 Å². The van der Waals surface area contributed by atoms with Gasteiger partial charge in [0.1, 0.15) is 5.75 Å². The van der Waals surface area contributed by atoms with Crippen LogP contribution in [0.1, 0.15) is 29.2 Å². The fourth-order valence-electron chi connectivity index (χ4n) is 2.48. The minimum atomic E-state index is -0.00665. The van der Waals surface area contributed by atoms with E-state index in [1.165, 1.54) is 14.0 Å². The topological polar surface area (TPSA) is 47.3 Å². The summed E-state index contributed by atoms with van der Waals surface area (Å²) in [6.07, 6.45) is 2.18. The van der Waals surface area contributed by atoms with Gasteiger partial charge in [0.15, 0.2) is 0 Å². The third-order valence-electron chi connectivity index (χ3n) is 3.36. The molecule has 0 saturated carbocycles. The fraction of sp³-hybridized carbons (Fsp3) is 0.286. The van der Waals surface area contributed by atoms with Gasteiger partial charge in [0.25, 0.3) is 0 Å². The molecule has 0 amide bonds. The molecule has 1 aliphatic rings. The molecule has 3 rings (SSSR count). The zero-order valence-corrected chi connectivity index (χ0v) is 13.3. The van der Waals surface area contributed by atoms with Gasteiger partial charge in [-0.2, -0.15) is 0 Å². The summed E-state index contributed by atoms with van der Waals surface area (Å²) in [7, 11) is 0. The number of halogens is 1. The number of para-hydroxylation sites is 1. The van der Waals surface area contributed by atoms with Gasteiger partial charge in [0, 0.05) is 5.56 Å². The molecule has 3 nitrogen and oxygen atoms in total. The molecule has 0 radical (unpaired) electrons. The summed E-state index contributed by atoms with van der Waals surface area (Å²) in [4.78, 5) is 0. The lowest BCUT2D eigenvalue weighted by Gasteiger charge is -2.24. The van der Waals surface area contributed by atoms with Crippen molar-refractivity contribution in [1.82, 2.24) is 5.43 Å². The van der Waals surface area contributed by atoms with Crippen LogP contribution in [0, 0.1) is 2.88 Å². The summed E-state index contributed by atoms with van der Waals surface area (Å²) in [5.41, 5.74) is 6.53. The monoisotopic (exact) mass is 386 g/mol. The summed E-state index contributed by atoms with van der Waals surface area (Å²) < 4.78 is 7.13. The molecule has 0 spiro atoms. The number of hydrogen-bond donors (Lipinski definition) is 2. The molecule has 3 N–H and O–H groups in total. The molecule has 19 heavy (non-hydrogen) atoms. The van der Waals surface area contributed by atoms with Gasteiger partial charge in [-0.05, 0) is 58.0 Å². The quantitative estimate of drug-likeness (QED) is 0.484. The lowest BCUT2D eigenvalue weighted by atomic mass is 9.95. The van der Waals surface area contributed by atoms with Crippen molar-refractivity contribution in [2.45, 2.75) is 18.9 Å². The molecule has 5 heteroatoms. The van der Waals surface area contributed by atoms with Crippen LogP contribution in [0.5, 0.6) is 5.75 Å². The molecule has 1 atom stereocenters. The summed E-state index contributed by atoms with van der Waals surface area (Å²) in [6.45, 7) is 0.794. The zero-order chi connectivity index (χ0) is 13.2. The van der Waals surface area contributed by atoms with Gasteiger partial charge in [0.2, 0.25) is 0 Å². The van der Waals surface area contributed by atoms with Gasteiger partial charge in [0.05, 0.1) is 15.5 Å². The Kier molecular flexibility index (Phi) is 4.07. The highest BCUT2D eigenvalue weighted by Crippen LogP contribution is 2.36. The lowest BCUT2D eigenvalue weighted by molar-refractivity contribution is 0.283. The van der Waals surface area contributed by atoms with Crippen molar-refractivity contribution in [2.75, 3.05) is 6.61 Å². The molecule has 1 aliphatic heterocycles. The van der Waals surface area contributed by atoms with Crippen LogP contribution in [-0.4, -0.2) is 6.61 Å². The Bertz CT molecular complexity index is 585. The van der Waals surface area contributed by atoms with Gasteiger partial charge < -0.3 is 4.74 Å². The highest BCUT2D eigenvalue weighted by molar-refractivity contribution is 14.1. The summed E-state index contributed by atoms with van der Waals surface area (Å²) in [6, 6.07) is 8.48. The van der Waals surface area contributed by atoms with E-state index in [0.717, 1.165) is 30.8 Å².